The van der Waals surface area contributed by atoms with Gasteiger partial charge in [-0.15, -0.1) is 0 Å². The van der Waals surface area contributed by atoms with E-state index in [2.05, 4.69) is 99.8 Å². The van der Waals surface area contributed by atoms with Gasteiger partial charge in [-0.2, -0.15) is 0 Å². The lowest BCUT2D eigenvalue weighted by molar-refractivity contribution is 0.287. The van der Waals surface area contributed by atoms with Gasteiger partial charge in [0.05, 0.1) is 17.8 Å². The molecule has 1 N–H and O–H groups in total. The lowest BCUT2D eigenvalue weighted by atomic mass is 9.96. The SMILES string of the molecule is Cc1cc(C2C(c3ccccn3)NC(=S)N2CC(C)C)c(C)n1-c1cccc(Br)c1. The van der Waals surface area contributed by atoms with Crippen molar-refractivity contribution in [1.82, 2.24) is 19.8 Å². The molecule has 6 heteroatoms. The number of hydrogen-bond donors (Lipinski definition) is 1. The van der Waals surface area contributed by atoms with E-state index in [4.69, 9.17) is 12.2 Å². The van der Waals surface area contributed by atoms with Crippen molar-refractivity contribution in [3.8, 4) is 5.69 Å². The Hall–Kier alpha value is -2.18. The highest BCUT2D eigenvalue weighted by atomic mass is 79.9. The number of halogens is 1. The summed E-state index contributed by atoms with van der Waals surface area (Å²) in [5.41, 5.74) is 5.91. The van der Waals surface area contributed by atoms with Crippen molar-refractivity contribution < 1.29 is 0 Å². The molecule has 2 aromatic heterocycles. The minimum absolute atomic E-state index is 0.0221. The summed E-state index contributed by atoms with van der Waals surface area (Å²) < 4.78 is 3.40. The Morgan fingerprint density at radius 2 is 1.93 bits per heavy atom. The summed E-state index contributed by atoms with van der Waals surface area (Å²) >= 11 is 9.39. The molecule has 4 nitrogen and oxygen atoms in total. The van der Waals surface area contributed by atoms with Crippen LogP contribution in [0.2, 0.25) is 0 Å². The first kappa shape index (κ1) is 21.1. The fourth-order valence-corrected chi connectivity index (χ4v) is 5.14. The van der Waals surface area contributed by atoms with E-state index in [0.717, 1.165) is 27.5 Å². The molecule has 0 radical (unpaired) electrons. The quantitative estimate of drug-likeness (QED) is 0.460. The fraction of sp³-hybridized carbons (Fsp3) is 0.333. The molecule has 0 amide bonds. The third-order valence-electron chi connectivity index (χ3n) is 5.61. The van der Waals surface area contributed by atoms with Crippen LogP contribution in [0.25, 0.3) is 5.69 Å². The van der Waals surface area contributed by atoms with Crippen LogP contribution in [0, 0.1) is 19.8 Å². The second-order valence-electron chi connectivity index (χ2n) is 8.31. The molecule has 1 aromatic carbocycles. The summed E-state index contributed by atoms with van der Waals surface area (Å²) in [6, 6.07) is 16.9. The standard InChI is InChI=1S/C24H27BrN4S/c1-15(2)14-28-23(22(27-24(28)30)21-10-5-6-11-26-21)20-12-16(3)29(17(20)4)19-9-7-8-18(25)13-19/h5-13,15,22-23H,14H2,1-4H3,(H,27,30). The van der Waals surface area contributed by atoms with Gasteiger partial charge in [0.25, 0.3) is 0 Å². The second kappa shape index (κ2) is 8.52. The van der Waals surface area contributed by atoms with Crippen molar-refractivity contribution >= 4 is 33.3 Å². The highest BCUT2D eigenvalue weighted by Gasteiger charge is 2.41. The molecule has 0 saturated carbocycles. The Morgan fingerprint density at radius 1 is 1.13 bits per heavy atom. The van der Waals surface area contributed by atoms with Crippen LogP contribution >= 0.6 is 28.1 Å². The zero-order valence-electron chi connectivity index (χ0n) is 17.8. The molecule has 0 spiro atoms. The van der Waals surface area contributed by atoms with Crippen molar-refractivity contribution in [2.24, 2.45) is 5.92 Å². The van der Waals surface area contributed by atoms with Crippen molar-refractivity contribution in [2.75, 3.05) is 6.54 Å². The Morgan fingerprint density at radius 3 is 2.60 bits per heavy atom. The molecule has 2 unspecified atom stereocenters. The van der Waals surface area contributed by atoms with E-state index < -0.39 is 0 Å². The van der Waals surface area contributed by atoms with E-state index in [1.165, 1.54) is 17.0 Å². The Labute approximate surface area is 192 Å². The molecule has 1 aliphatic rings. The molecule has 30 heavy (non-hydrogen) atoms. The number of benzene rings is 1. The van der Waals surface area contributed by atoms with E-state index >= 15 is 0 Å². The summed E-state index contributed by atoms with van der Waals surface area (Å²) in [4.78, 5) is 6.99. The monoisotopic (exact) mass is 482 g/mol. The van der Waals surface area contributed by atoms with Crippen LogP contribution in [-0.2, 0) is 0 Å². The maximum absolute atomic E-state index is 5.78. The fourth-order valence-electron chi connectivity index (χ4n) is 4.43. The second-order valence-corrected chi connectivity index (χ2v) is 9.62. The molecule has 0 aliphatic carbocycles. The van der Waals surface area contributed by atoms with Crippen molar-refractivity contribution in [3.63, 3.8) is 0 Å². The van der Waals surface area contributed by atoms with Gasteiger partial charge in [-0.1, -0.05) is 41.9 Å². The zero-order valence-corrected chi connectivity index (χ0v) is 20.2. The van der Waals surface area contributed by atoms with Crippen LogP contribution in [0.1, 0.15) is 48.6 Å². The maximum atomic E-state index is 5.78. The Bertz CT molecular complexity index is 1060. The topological polar surface area (TPSA) is 33.1 Å². The zero-order chi connectivity index (χ0) is 21.4. The van der Waals surface area contributed by atoms with Crippen LogP contribution in [0.15, 0.2) is 59.2 Å². The average Bonchev–Trinajstić information content (AvgIpc) is 3.18. The van der Waals surface area contributed by atoms with E-state index in [1.807, 2.05) is 18.3 Å². The van der Waals surface area contributed by atoms with E-state index in [0.29, 0.717) is 5.92 Å². The molecule has 2 atom stereocenters. The first-order chi connectivity index (χ1) is 14.4. The molecule has 1 saturated heterocycles. The molecule has 156 valence electrons. The van der Waals surface area contributed by atoms with Gasteiger partial charge in [-0.25, -0.2) is 0 Å². The molecule has 4 rings (SSSR count). The van der Waals surface area contributed by atoms with E-state index in [1.54, 1.807) is 0 Å². The van der Waals surface area contributed by atoms with Gasteiger partial charge in [0.15, 0.2) is 5.11 Å². The molecule has 3 aromatic rings. The van der Waals surface area contributed by atoms with Crippen molar-refractivity contribution in [1.29, 1.82) is 0 Å². The lowest BCUT2D eigenvalue weighted by Crippen LogP contribution is -2.33. The normalized spacial score (nSPS) is 18.9. The smallest absolute Gasteiger partial charge is 0.170 e. The van der Waals surface area contributed by atoms with Gasteiger partial charge in [-0.05, 0) is 73.9 Å². The Kier molecular flexibility index (Phi) is 5.98. The highest BCUT2D eigenvalue weighted by molar-refractivity contribution is 9.10. The number of aryl methyl sites for hydroxylation is 1. The molecule has 1 aliphatic heterocycles. The van der Waals surface area contributed by atoms with E-state index in [-0.39, 0.29) is 12.1 Å². The van der Waals surface area contributed by atoms with Crippen LogP contribution < -0.4 is 5.32 Å². The van der Waals surface area contributed by atoms with Gasteiger partial charge in [0.1, 0.15) is 0 Å². The van der Waals surface area contributed by atoms with Gasteiger partial charge in [0, 0.05) is 34.3 Å². The van der Waals surface area contributed by atoms with Gasteiger partial charge in [0.2, 0.25) is 0 Å². The summed E-state index contributed by atoms with van der Waals surface area (Å²) in [6.07, 6.45) is 1.85. The minimum Gasteiger partial charge on any atom is -0.352 e. The minimum atomic E-state index is 0.0221. The number of pyridine rings is 1. The summed E-state index contributed by atoms with van der Waals surface area (Å²) in [5.74, 6) is 0.503. The first-order valence-corrected chi connectivity index (χ1v) is 11.5. The predicted octanol–water partition coefficient (Wildman–Crippen LogP) is 5.88. The molecule has 1 fully saturated rings. The van der Waals surface area contributed by atoms with Gasteiger partial charge >= 0.3 is 0 Å². The number of thiocarbonyl (C=S) groups is 1. The van der Waals surface area contributed by atoms with Crippen LogP contribution in [0.4, 0.5) is 0 Å². The predicted molar refractivity (Wildman–Crippen MR) is 130 cm³/mol. The molecule has 0 bridgehead atoms. The van der Waals surface area contributed by atoms with Crippen LogP contribution in [0.3, 0.4) is 0 Å². The first-order valence-electron chi connectivity index (χ1n) is 10.3. The average molecular weight is 483 g/mol. The number of nitrogens with zero attached hydrogens (tertiary/aromatic N) is 3. The lowest BCUT2D eigenvalue weighted by Gasteiger charge is -2.29. The summed E-state index contributed by atoms with van der Waals surface area (Å²) in [6.45, 7) is 9.74. The largest absolute Gasteiger partial charge is 0.352 e. The highest BCUT2D eigenvalue weighted by Crippen LogP contribution is 2.41. The number of rotatable bonds is 5. The van der Waals surface area contributed by atoms with Crippen LogP contribution in [0.5, 0.6) is 0 Å². The van der Waals surface area contributed by atoms with E-state index in [9.17, 15) is 0 Å². The molecular formula is C24H27BrN4S. The third kappa shape index (κ3) is 3.91. The van der Waals surface area contributed by atoms with Gasteiger partial charge < -0.3 is 14.8 Å². The maximum Gasteiger partial charge on any atom is 0.170 e. The number of hydrogen-bond acceptors (Lipinski definition) is 2. The molecular weight excluding hydrogens is 456 g/mol. The van der Waals surface area contributed by atoms with Crippen molar-refractivity contribution in [3.05, 3.63) is 81.8 Å². The summed E-state index contributed by atoms with van der Waals surface area (Å²) in [7, 11) is 0. The number of nitrogens with one attached hydrogen (secondary N) is 1. The summed E-state index contributed by atoms with van der Waals surface area (Å²) in [5, 5.41) is 4.36. The van der Waals surface area contributed by atoms with Crippen molar-refractivity contribution in [2.45, 2.75) is 39.8 Å². The number of aromatic nitrogens is 2. The van der Waals surface area contributed by atoms with Gasteiger partial charge in [-0.3, -0.25) is 4.98 Å². The Balaban J connectivity index is 1.84. The van der Waals surface area contributed by atoms with Crippen LogP contribution in [-0.4, -0.2) is 26.1 Å². The molecule has 3 heterocycles. The third-order valence-corrected chi connectivity index (χ3v) is 6.46.